The van der Waals surface area contributed by atoms with Gasteiger partial charge in [-0.05, 0) is 25.7 Å². The first kappa shape index (κ1) is 15.7. The number of hydrogen-bond acceptors (Lipinski definition) is 3. The molecule has 108 valence electrons. The molecule has 1 heterocycles. The smallest absolute Gasteiger partial charge is 0.242 e. The molecule has 0 radical (unpaired) electrons. The van der Waals surface area contributed by atoms with Gasteiger partial charge in [0, 0.05) is 24.3 Å². The Hall–Kier alpha value is -1.36. The molecule has 1 aromatic rings. The van der Waals surface area contributed by atoms with Gasteiger partial charge in [0.2, 0.25) is 5.91 Å². The lowest BCUT2D eigenvalue weighted by molar-refractivity contribution is -0.124. The van der Waals surface area contributed by atoms with Crippen molar-refractivity contribution in [2.24, 2.45) is 18.2 Å². The van der Waals surface area contributed by atoms with E-state index in [1.165, 1.54) is 0 Å². The van der Waals surface area contributed by atoms with Gasteiger partial charge < -0.3 is 11.1 Å². The summed E-state index contributed by atoms with van der Waals surface area (Å²) >= 11 is 0. The first-order valence-corrected chi connectivity index (χ1v) is 6.56. The van der Waals surface area contributed by atoms with E-state index in [2.05, 4.69) is 31.2 Å². The molecular formula is C14H26N4O. The van der Waals surface area contributed by atoms with Gasteiger partial charge in [0.15, 0.2) is 0 Å². The molecule has 0 spiro atoms. The molecule has 1 rings (SSSR count). The fraction of sp³-hybridized carbons (Fsp3) is 0.714. The lowest BCUT2D eigenvalue weighted by atomic mass is 9.81. The Balaban J connectivity index is 2.69. The minimum atomic E-state index is -0.673. The van der Waals surface area contributed by atoms with Crippen LogP contribution in [0.1, 0.15) is 52.6 Å². The van der Waals surface area contributed by atoms with Gasteiger partial charge in [0.25, 0.3) is 0 Å². The van der Waals surface area contributed by atoms with E-state index in [0.29, 0.717) is 0 Å². The van der Waals surface area contributed by atoms with Crippen molar-refractivity contribution in [3.05, 3.63) is 18.0 Å². The predicted octanol–water partition coefficient (Wildman–Crippen LogP) is 1.75. The highest BCUT2D eigenvalue weighted by Crippen LogP contribution is 2.27. The van der Waals surface area contributed by atoms with Gasteiger partial charge in [-0.1, -0.05) is 20.8 Å². The van der Waals surface area contributed by atoms with Gasteiger partial charge in [-0.3, -0.25) is 9.48 Å². The van der Waals surface area contributed by atoms with E-state index in [0.717, 1.165) is 12.0 Å². The molecule has 5 nitrogen and oxygen atoms in total. The topological polar surface area (TPSA) is 72.9 Å². The molecule has 0 bridgehead atoms. The largest absolute Gasteiger partial charge is 0.350 e. The van der Waals surface area contributed by atoms with Crippen molar-refractivity contribution in [3.63, 3.8) is 0 Å². The molecule has 0 aromatic carbocycles. The van der Waals surface area contributed by atoms with E-state index in [1.54, 1.807) is 24.1 Å². The molecule has 0 aliphatic carbocycles. The zero-order chi connectivity index (χ0) is 14.8. The second-order valence-corrected chi connectivity index (χ2v) is 7.04. The average Bonchev–Trinajstić information content (AvgIpc) is 2.58. The minimum absolute atomic E-state index is 0.148. The van der Waals surface area contributed by atoms with Crippen LogP contribution in [-0.4, -0.2) is 21.2 Å². The Morgan fingerprint density at radius 2 is 2.00 bits per heavy atom. The highest BCUT2D eigenvalue weighted by atomic mass is 16.2. The predicted molar refractivity (Wildman–Crippen MR) is 76.4 cm³/mol. The Morgan fingerprint density at radius 3 is 2.42 bits per heavy atom. The van der Waals surface area contributed by atoms with Crippen molar-refractivity contribution in [3.8, 4) is 0 Å². The van der Waals surface area contributed by atoms with Gasteiger partial charge in [-0.15, -0.1) is 0 Å². The molecule has 1 aromatic heterocycles. The van der Waals surface area contributed by atoms with Crippen LogP contribution in [-0.2, 0) is 11.8 Å². The van der Waals surface area contributed by atoms with Crippen LogP contribution >= 0.6 is 0 Å². The van der Waals surface area contributed by atoms with E-state index in [9.17, 15) is 4.79 Å². The highest BCUT2D eigenvalue weighted by molar-refractivity contribution is 5.83. The molecule has 3 N–H and O–H groups in total. The summed E-state index contributed by atoms with van der Waals surface area (Å²) in [5.74, 6) is -0.165. The Bertz CT molecular complexity index is 443. The zero-order valence-electron chi connectivity index (χ0n) is 12.8. The second kappa shape index (κ2) is 5.33. The van der Waals surface area contributed by atoms with Crippen LogP contribution in [0.2, 0.25) is 0 Å². The molecule has 19 heavy (non-hydrogen) atoms. The summed E-state index contributed by atoms with van der Waals surface area (Å²) in [6.07, 6.45) is 4.27. The molecular weight excluding hydrogens is 240 g/mol. The van der Waals surface area contributed by atoms with E-state index in [4.69, 9.17) is 5.73 Å². The van der Waals surface area contributed by atoms with Crippen LogP contribution in [0.25, 0.3) is 0 Å². The van der Waals surface area contributed by atoms with Crippen molar-refractivity contribution in [2.75, 3.05) is 0 Å². The van der Waals surface area contributed by atoms with Gasteiger partial charge >= 0.3 is 0 Å². The number of carbonyl (C=O) groups is 1. The van der Waals surface area contributed by atoms with Crippen LogP contribution in [0.4, 0.5) is 0 Å². The molecule has 0 saturated heterocycles. The molecule has 0 fully saturated rings. The van der Waals surface area contributed by atoms with Crippen molar-refractivity contribution in [1.82, 2.24) is 15.1 Å². The normalized spacial score (nSPS) is 14.3. The summed E-state index contributed by atoms with van der Waals surface area (Å²) in [5.41, 5.74) is 6.55. The maximum atomic E-state index is 12.2. The molecule has 1 atom stereocenters. The van der Waals surface area contributed by atoms with Gasteiger partial charge in [-0.2, -0.15) is 5.10 Å². The van der Waals surface area contributed by atoms with E-state index in [1.807, 2.05) is 13.8 Å². The second-order valence-electron chi connectivity index (χ2n) is 7.04. The molecule has 5 heteroatoms. The van der Waals surface area contributed by atoms with Crippen LogP contribution in [0.15, 0.2) is 12.4 Å². The minimum Gasteiger partial charge on any atom is -0.350 e. The number of nitrogens with one attached hydrogen (secondary N) is 1. The summed E-state index contributed by atoms with van der Waals surface area (Å²) in [7, 11) is 1.80. The number of aryl methyl sites for hydroxylation is 1. The monoisotopic (exact) mass is 266 g/mol. The lowest BCUT2D eigenvalue weighted by Gasteiger charge is -2.34. The molecule has 0 saturated carbocycles. The maximum absolute atomic E-state index is 12.2. The third-order valence-electron chi connectivity index (χ3n) is 2.80. The number of rotatable bonds is 4. The van der Waals surface area contributed by atoms with Gasteiger partial charge in [-0.25, -0.2) is 0 Å². The summed E-state index contributed by atoms with van der Waals surface area (Å²) in [6, 6.07) is -0.673. The first-order valence-electron chi connectivity index (χ1n) is 6.56. The number of hydrogen-bond donors (Lipinski definition) is 2. The number of nitrogens with zero attached hydrogens (tertiary/aromatic N) is 2. The summed E-state index contributed by atoms with van der Waals surface area (Å²) in [5, 5.41) is 7.05. The van der Waals surface area contributed by atoms with Gasteiger partial charge in [0.1, 0.15) is 6.04 Å². The number of carbonyl (C=O) groups excluding carboxylic acids is 1. The molecule has 0 aliphatic heterocycles. The van der Waals surface area contributed by atoms with E-state index < -0.39 is 6.04 Å². The average molecular weight is 266 g/mol. The zero-order valence-corrected chi connectivity index (χ0v) is 12.8. The molecule has 0 aliphatic rings. The number of aromatic nitrogens is 2. The summed E-state index contributed by atoms with van der Waals surface area (Å²) < 4.78 is 1.64. The number of nitrogens with two attached hydrogens (primary N) is 1. The molecule has 1 unspecified atom stereocenters. The van der Waals surface area contributed by atoms with Gasteiger partial charge in [0.05, 0.1) is 6.20 Å². The van der Waals surface area contributed by atoms with E-state index >= 15 is 0 Å². The quantitative estimate of drug-likeness (QED) is 0.872. The maximum Gasteiger partial charge on any atom is 0.242 e. The molecule has 1 amide bonds. The SMILES string of the molecule is Cn1cc(C(N)C(=O)NC(C)(C)CC(C)(C)C)cn1. The summed E-state index contributed by atoms with van der Waals surface area (Å²) in [4.78, 5) is 12.2. The lowest BCUT2D eigenvalue weighted by Crippen LogP contribution is -2.49. The standard InChI is InChI=1S/C14H26N4O/c1-13(2,3)9-14(4,5)17-12(19)11(15)10-7-16-18(6)8-10/h7-8,11H,9,15H2,1-6H3,(H,17,19). The summed E-state index contributed by atoms with van der Waals surface area (Å²) in [6.45, 7) is 10.5. The van der Waals surface area contributed by atoms with Crippen molar-refractivity contribution >= 4 is 5.91 Å². The highest BCUT2D eigenvalue weighted by Gasteiger charge is 2.29. The fourth-order valence-electron chi connectivity index (χ4n) is 2.53. The van der Waals surface area contributed by atoms with Crippen molar-refractivity contribution in [1.29, 1.82) is 0 Å². The van der Waals surface area contributed by atoms with Crippen molar-refractivity contribution < 1.29 is 4.79 Å². The van der Waals surface area contributed by atoms with Crippen LogP contribution in [0, 0.1) is 5.41 Å². The van der Waals surface area contributed by atoms with Crippen molar-refractivity contribution in [2.45, 2.75) is 52.6 Å². The Labute approximate surface area is 115 Å². The van der Waals surface area contributed by atoms with Crippen LogP contribution in [0.5, 0.6) is 0 Å². The van der Waals surface area contributed by atoms with Crippen LogP contribution in [0.3, 0.4) is 0 Å². The first-order chi connectivity index (χ1) is 8.50. The Kier molecular flexibility index (Phi) is 4.40. The van der Waals surface area contributed by atoms with Crippen LogP contribution < -0.4 is 11.1 Å². The third-order valence-corrected chi connectivity index (χ3v) is 2.80. The fourth-order valence-corrected chi connectivity index (χ4v) is 2.53. The number of amides is 1. The third kappa shape index (κ3) is 5.03. The van der Waals surface area contributed by atoms with E-state index in [-0.39, 0.29) is 16.9 Å². The Morgan fingerprint density at radius 1 is 1.42 bits per heavy atom.